The van der Waals surface area contributed by atoms with Crippen molar-refractivity contribution in [1.29, 1.82) is 0 Å². The smallest absolute Gasteiger partial charge is 0.337 e. The summed E-state index contributed by atoms with van der Waals surface area (Å²) in [6.07, 6.45) is 1.52. The Morgan fingerprint density at radius 2 is 1.81 bits per heavy atom. The van der Waals surface area contributed by atoms with E-state index in [2.05, 4.69) is 4.98 Å². The first kappa shape index (κ1) is 29.1. The van der Waals surface area contributed by atoms with Crippen LogP contribution in [-0.4, -0.2) is 57.0 Å². The minimum Gasteiger partial charge on any atom is -0.478 e. The topological polar surface area (TPSA) is 135 Å². The zero-order valence-electron chi connectivity index (χ0n) is 23.3. The number of pyridine rings is 2. The summed E-state index contributed by atoms with van der Waals surface area (Å²) in [5, 5.41) is 9.03. The Morgan fingerprint density at radius 1 is 0.977 bits per heavy atom. The first-order valence-corrected chi connectivity index (χ1v) is 13.2. The molecule has 0 spiro atoms. The maximum atomic E-state index is 15.4. The molecule has 0 saturated heterocycles. The molecule has 11 nitrogen and oxygen atoms in total. The molecule has 220 valence electrons. The standard InChI is InChI=1S/C31H27FN4O7/c1-41-13-12-36-26-15-22(31(40)42-2)8-9-25(26)33-27(36)16-19-6-7-20(14-23(19)32)24-4-3-5-28(34-24)43-18-35-11-10-21(30(38)39)17-29(35)37/h3-11,14-15,17H,12-13,16,18H2,1-2H3,(H,38,39). The Kier molecular flexibility index (Phi) is 8.58. The fraction of sp³-hybridized carbons (Fsp3) is 0.194. The highest BCUT2D eigenvalue weighted by molar-refractivity contribution is 5.93. The number of hydrogen-bond acceptors (Lipinski definition) is 8. The molecule has 1 N–H and O–H groups in total. The molecule has 0 unspecified atom stereocenters. The molecule has 0 radical (unpaired) electrons. The van der Waals surface area contributed by atoms with Crippen molar-refractivity contribution in [2.45, 2.75) is 19.7 Å². The quantitative estimate of drug-likeness (QED) is 0.226. The lowest BCUT2D eigenvalue weighted by atomic mass is 10.1. The van der Waals surface area contributed by atoms with Gasteiger partial charge in [-0.15, -0.1) is 0 Å². The molecule has 5 rings (SSSR count). The first-order valence-electron chi connectivity index (χ1n) is 13.2. The molecule has 0 atom stereocenters. The van der Waals surface area contributed by atoms with Gasteiger partial charge in [0.25, 0.3) is 5.56 Å². The van der Waals surface area contributed by atoms with Crippen LogP contribution >= 0.6 is 0 Å². The molecule has 12 heteroatoms. The number of esters is 1. The zero-order valence-corrected chi connectivity index (χ0v) is 23.3. The molecule has 3 heterocycles. The predicted octanol–water partition coefficient (Wildman–Crippen LogP) is 4.16. The number of aromatic carboxylic acids is 1. The van der Waals surface area contributed by atoms with Crippen LogP contribution in [0.15, 0.2) is 77.7 Å². The third-order valence-corrected chi connectivity index (χ3v) is 6.78. The third-order valence-electron chi connectivity index (χ3n) is 6.78. The predicted molar refractivity (Wildman–Crippen MR) is 154 cm³/mol. The minimum atomic E-state index is -1.20. The molecule has 0 aliphatic carbocycles. The summed E-state index contributed by atoms with van der Waals surface area (Å²) in [6.45, 7) is 0.668. The first-order chi connectivity index (χ1) is 20.8. The number of benzene rings is 2. The van der Waals surface area contributed by atoms with E-state index in [1.165, 1.54) is 30.0 Å². The number of halogens is 1. The van der Waals surface area contributed by atoms with E-state index in [4.69, 9.17) is 24.3 Å². The number of carboxylic acid groups (broad SMARTS) is 1. The summed E-state index contributed by atoms with van der Waals surface area (Å²) in [4.78, 5) is 44.4. The molecule has 43 heavy (non-hydrogen) atoms. The summed E-state index contributed by atoms with van der Waals surface area (Å²) < 4.78 is 34.3. The van der Waals surface area contributed by atoms with Gasteiger partial charge in [0.2, 0.25) is 5.88 Å². The lowest BCUT2D eigenvalue weighted by Gasteiger charge is -2.11. The molecule has 0 bridgehead atoms. The largest absolute Gasteiger partial charge is 0.478 e. The van der Waals surface area contributed by atoms with E-state index in [1.807, 2.05) is 4.57 Å². The average Bonchev–Trinajstić information content (AvgIpc) is 3.35. The Hall–Kier alpha value is -5.36. The summed E-state index contributed by atoms with van der Waals surface area (Å²) in [6, 6.07) is 17.2. The molecule has 2 aromatic carbocycles. The number of carbonyl (C=O) groups excluding carboxylic acids is 1. The van der Waals surface area contributed by atoms with Crippen molar-refractivity contribution in [2.75, 3.05) is 20.8 Å². The van der Waals surface area contributed by atoms with Crippen molar-refractivity contribution in [3.05, 3.63) is 112 Å². The summed E-state index contributed by atoms with van der Waals surface area (Å²) in [7, 11) is 2.90. The van der Waals surface area contributed by atoms with Gasteiger partial charge in [0.1, 0.15) is 11.6 Å². The van der Waals surface area contributed by atoms with E-state index in [0.717, 1.165) is 6.07 Å². The molecule has 0 aliphatic rings. The van der Waals surface area contributed by atoms with Crippen molar-refractivity contribution < 1.29 is 33.3 Å². The van der Waals surface area contributed by atoms with Crippen LogP contribution in [-0.2, 0) is 29.2 Å². The second-order valence-corrected chi connectivity index (χ2v) is 9.51. The van der Waals surface area contributed by atoms with E-state index < -0.39 is 23.3 Å². The van der Waals surface area contributed by atoms with Crippen molar-refractivity contribution >= 4 is 23.0 Å². The Labute approximate surface area is 244 Å². The maximum absolute atomic E-state index is 15.4. The minimum absolute atomic E-state index is 0.119. The van der Waals surface area contributed by atoms with Crippen LogP contribution in [0.2, 0.25) is 0 Å². The molecule has 0 fully saturated rings. The highest BCUT2D eigenvalue weighted by Gasteiger charge is 2.17. The molecular formula is C31H27FN4O7. The number of methoxy groups -OCH3 is 2. The molecule has 0 saturated carbocycles. The van der Waals surface area contributed by atoms with Crippen molar-refractivity contribution in [1.82, 2.24) is 19.1 Å². The summed E-state index contributed by atoms with van der Waals surface area (Å²) in [5.41, 5.74) is 2.51. The van der Waals surface area contributed by atoms with Gasteiger partial charge < -0.3 is 23.9 Å². The molecule has 5 aromatic rings. The van der Waals surface area contributed by atoms with E-state index in [0.29, 0.717) is 52.4 Å². The van der Waals surface area contributed by atoms with Crippen LogP contribution in [0.3, 0.4) is 0 Å². The Morgan fingerprint density at radius 3 is 2.53 bits per heavy atom. The highest BCUT2D eigenvalue weighted by Crippen LogP contribution is 2.26. The number of carbonyl (C=O) groups is 2. The van der Waals surface area contributed by atoms with E-state index in [-0.39, 0.29) is 24.6 Å². The van der Waals surface area contributed by atoms with Crippen molar-refractivity contribution in [3.63, 3.8) is 0 Å². The lowest BCUT2D eigenvalue weighted by molar-refractivity contribution is 0.0600. The normalized spacial score (nSPS) is 11.0. The van der Waals surface area contributed by atoms with Gasteiger partial charge in [0.15, 0.2) is 6.73 Å². The van der Waals surface area contributed by atoms with E-state index in [9.17, 15) is 14.4 Å². The fourth-order valence-electron chi connectivity index (χ4n) is 4.54. The van der Waals surface area contributed by atoms with Crippen LogP contribution in [0.25, 0.3) is 22.3 Å². The van der Waals surface area contributed by atoms with Crippen molar-refractivity contribution in [3.8, 4) is 17.1 Å². The number of aromatic nitrogens is 4. The number of nitrogens with zero attached hydrogens (tertiary/aromatic N) is 4. The monoisotopic (exact) mass is 586 g/mol. The van der Waals surface area contributed by atoms with Crippen LogP contribution in [0.5, 0.6) is 5.88 Å². The fourth-order valence-corrected chi connectivity index (χ4v) is 4.54. The van der Waals surface area contributed by atoms with Gasteiger partial charge in [-0.25, -0.2) is 23.9 Å². The second-order valence-electron chi connectivity index (χ2n) is 9.51. The zero-order chi connectivity index (χ0) is 30.5. The molecular weight excluding hydrogens is 559 g/mol. The SMILES string of the molecule is COCCn1c(Cc2ccc(-c3cccc(OCn4ccc(C(=O)O)cc4=O)n3)cc2F)nc2ccc(C(=O)OC)cc21. The van der Waals surface area contributed by atoms with Gasteiger partial charge in [0.05, 0.1) is 41.6 Å². The number of carboxylic acids is 1. The number of fused-ring (bicyclic) bond motifs is 1. The summed E-state index contributed by atoms with van der Waals surface area (Å²) >= 11 is 0. The maximum Gasteiger partial charge on any atom is 0.337 e. The van der Waals surface area contributed by atoms with Crippen LogP contribution in [0.4, 0.5) is 4.39 Å². The van der Waals surface area contributed by atoms with Gasteiger partial charge >= 0.3 is 11.9 Å². The van der Waals surface area contributed by atoms with E-state index in [1.54, 1.807) is 55.6 Å². The van der Waals surface area contributed by atoms with Crippen LogP contribution in [0, 0.1) is 5.82 Å². The number of ether oxygens (including phenoxy) is 3. The van der Waals surface area contributed by atoms with Gasteiger partial charge in [-0.3, -0.25) is 9.36 Å². The molecule has 3 aromatic heterocycles. The van der Waals surface area contributed by atoms with Crippen LogP contribution < -0.4 is 10.3 Å². The summed E-state index contributed by atoms with van der Waals surface area (Å²) in [5.74, 6) is -1.29. The average molecular weight is 587 g/mol. The second kappa shape index (κ2) is 12.7. The van der Waals surface area contributed by atoms with Crippen molar-refractivity contribution in [2.24, 2.45) is 0 Å². The Bertz CT molecular complexity index is 1880. The molecule has 0 aliphatic heterocycles. The van der Waals surface area contributed by atoms with Crippen LogP contribution in [0.1, 0.15) is 32.1 Å². The Balaban J connectivity index is 1.36. The number of hydrogen-bond donors (Lipinski definition) is 1. The van der Waals surface area contributed by atoms with Gasteiger partial charge in [0, 0.05) is 44.0 Å². The van der Waals surface area contributed by atoms with E-state index >= 15 is 4.39 Å². The van der Waals surface area contributed by atoms with Gasteiger partial charge in [-0.2, -0.15) is 0 Å². The third kappa shape index (κ3) is 6.44. The lowest BCUT2D eigenvalue weighted by Crippen LogP contribution is -2.22. The highest BCUT2D eigenvalue weighted by atomic mass is 19.1. The van der Waals surface area contributed by atoms with Gasteiger partial charge in [-0.1, -0.05) is 18.2 Å². The van der Waals surface area contributed by atoms with Gasteiger partial charge in [-0.05, 0) is 42.0 Å². The number of rotatable bonds is 11. The number of imidazole rings is 1. The molecule has 0 amide bonds.